The Kier molecular flexibility index (Phi) is 2.57. The molecular weight excluding hydrogens is 250 g/mol. The van der Waals surface area contributed by atoms with Gasteiger partial charge < -0.3 is 9.73 Å². The normalized spacial score (nSPS) is 13.8. The fraction of sp³-hybridized carbons (Fsp3) is 0.250. The molecule has 3 heterocycles. The number of aromatic nitrogens is 2. The monoisotopic (exact) mass is 265 g/mol. The highest BCUT2D eigenvalue weighted by molar-refractivity contribution is 5.91. The molecule has 0 atom stereocenters. The van der Waals surface area contributed by atoms with Crippen LogP contribution in [0.2, 0.25) is 0 Å². The molecule has 0 fully saturated rings. The summed E-state index contributed by atoms with van der Waals surface area (Å²) >= 11 is 0. The number of nitrogens with one attached hydrogen (secondary N) is 1. The first-order chi connectivity index (χ1) is 9.86. The summed E-state index contributed by atoms with van der Waals surface area (Å²) in [4.78, 5) is 9.47. The van der Waals surface area contributed by atoms with Crippen molar-refractivity contribution in [2.24, 2.45) is 0 Å². The second-order valence-electron chi connectivity index (χ2n) is 5.02. The summed E-state index contributed by atoms with van der Waals surface area (Å²) in [7, 11) is 0. The van der Waals surface area contributed by atoms with Crippen LogP contribution in [0.5, 0.6) is 0 Å². The zero-order valence-corrected chi connectivity index (χ0v) is 11.3. The topological polar surface area (TPSA) is 51.0 Å². The maximum absolute atomic E-state index is 5.60. The molecule has 1 aromatic carbocycles. The van der Waals surface area contributed by atoms with Crippen LogP contribution in [-0.4, -0.2) is 9.97 Å². The minimum absolute atomic E-state index is 0.772. The van der Waals surface area contributed by atoms with Crippen molar-refractivity contribution in [1.82, 2.24) is 15.3 Å². The third kappa shape index (κ3) is 1.65. The fourth-order valence-corrected chi connectivity index (χ4v) is 2.80. The Morgan fingerprint density at radius 3 is 3.00 bits per heavy atom. The van der Waals surface area contributed by atoms with E-state index in [1.807, 2.05) is 18.2 Å². The van der Waals surface area contributed by atoms with Crippen molar-refractivity contribution in [1.29, 1.82) is 0 Å². The maximum Gasteiger partial charge on any atom is 0.163 e. The predicted molar refractivity (Wildman–Crippen MR) is 77.2 cm³/mol. The molecular formula is C16H15N3O. The van der Waals surface area contributed by atoms with E-state index in [2.05, 4.69) is 18.3 Å². The molecule has 0 bridgehead atoms. The van der Waals surface area contributed by atoms with Gasteiger partial charge in [0.15, 0.2) is 5.82 Å². The molecule has 0 amide bonds. The van der Waals surface area contributed by atoms with Gasteiger partial charge >= 0.3 is 0 Å². The minimum Gasteiger partial charge on any atom is -0.464 e. The van der Waals surface area contributed by atoms with Crippen LogP contribution in [0.4, 0.5) is 0 Å². The van der Waals surface area contributed by atoms with E-state index in [4.69, 9.17) is 14.4 Å². The lowest BCUT2D eigenvalue weighted by Gasteiger charge is -2.07. The summed E-state index contributed by atoms with van der Waals surface area (Å²) < 4.78 is 5.60. The van der Waals surface area contributed by atoms with E-state index in [1.54, 1.807) is 6.26 Å². The second kappa shape index (κ2) is 4.42. The van der Waals surface area contributed by atoms with Crippen molar-refractivity contribution in [2.75, 3.05) is 0 Å². The van der Waals surface area contributed by atoms with Crippen molar-refractivity contribution in [3.05, 3.63) is 47.5 Å². The molecule has 20 heavy (non-hydrogen) atoms. The summed E-state index contributed by atoms with van der Waals surface area (Å²) in [6, 6.07) is 8.00. The van der Waals surface area contributed by atoms with Gasteiger partial charge in [-0.05, 0) is 12.5 Å². The van der Waals surface area contributed by atoms with Gasteiger partial charge in [0.1, 0.15) is 11.8 Å². The van der Waals surface area contributed by atoms with Gasteiger partial charge in [-0.15, -0.1) is 0 Å². The lowest BCUT2D eigenvalue weighted by atomic mass is 10.1. The van der Waals surface area contributed by atoms with E-state index in [0.717, 1.165) is 53.3 Å². The quantitative estimate of drug-likeness (QED) is 0.773. The molecule has 4 heteroatoms. The molecule has 0 spiro atoms. The molecule has 1 aliphatic heterocycles. The Morgan fingerprint density at radius 1 is 1.20 bits per heavy atom. The number of nitrogens with zero attached hydrogens (tertiary/aromatic N) is 2. The van der Waals surface area contributed by atoms with Crippen LogP contribution in [0.25, 0.3) is 22.4 Å². The number of benzene rings is 1. The summed E-state index contributed by atoms with van der Waals surface area (Å²) in [6.07, 6.45) is 2.68. The molecule has 4 nitrogen and oxygen atoms in total. The zero-order chi connectivity index (χ0) is 13.5. The van der Waals surface area contributed by atoms with Crippen LogP contribution in [0.15, 0.2) is 34.9 Å². The molecule has 0 radical (unpaired) electrons. The molecule has 1 N–H and O–H groups in total. The van der Waals surface area contributed by atoms with Crippen molar-refractivity contribution in [3.8, 4) is 11.4 Å². The summed E-state index contributed by atoms with van der Waals surface area (Å²) in [5, 5.41) is 4.42. The first kappa shape index (κ1) is 11.6. The highest BCUT2D eigenvalue weighted by atomic mass is 16.3. The second-order valence-corrected chi connectivity index (χ2v) is 5.02. The SMILES string of the molecule is CCc1nc(-c2coc3ccccc23)nc2c1CNC2. The molecule has 0 saturated heterocycles. The number of hydrogen-bond donors (Lipinski definition) is 1. The van der Waals surface area contributed by atoms with Crippen molar-refractivity contribution >= 4 is 11.0 Å². The number of para-hydroxylation sites is 1. The van der Waals surface area contributed by atoms with Crippen LogP contribution < -0.4 is 5.32 Å². The van der Waals surface area contributed by atoms with E-state index >= 15 is 0 Å². The van der Waals surface area contributed by atoms with E-state index in [0.29, 0.717) is 0 Å². The Bertz CT molecular complexity index is 792. The largest absolute Gasteiger partial charge is 0.464 e. The van der Waals surface area contributed by atoms with Gasteiger partial charge in [-0.3, -0.25) is 0 Å². The lowest BCUT2D eigenvalue weighted by Crippen LogP contribution is -2.02. The Balaban J connectivity index is 1.94. The van der Waals surface area contributed by atoms with E-state index < -0.39 is 0 Å². The summed E-state index contributed by atoms with van der Waals surface area (Å²) in [6.45, 7) is 3.84. The Hall–Kier alpha value is -2.20. The average Bonchev–Trinajstić information content (AvgIpc) is 3.12. The number of furan rings is 1. The third-order valence-electron chi connectivity index (χ3n) is 3.83. The smallest absolute Gasteiger partial charge is 0.163 e. The summed E-state index contributed by atoms with van der Waals surface area (Å²) in [5.41, 5.74) is 5.38. The van der Waals surface area contributed by atoms with Crippen LogP contribution >= 0.6 is 0 Å². The first-order valence-corrected chi connectivity index (χ1v) is 6.93. The maximum atomic E-state index is 5.60. The standard InChI is InChI=1S/C16H15N3O/c1-2-13-11-7-17-8-14(11)19-16(18-13)12-9-20-15-6-4-3-5-10(12)15/h3-6,9,17H,2,7-8H2,1H3. The highest BCUT2D eigenvalue weighted by Gasteiger charge is 2.20. The van der Waals surface area contributed by atoms with Crippen LogP contribution in [0, 0.1) is 0 Å². The Labute approximate surface area is 116 Å². The van der Waals surface area contributed by atoms with E-state index in [1.165, 1.54) is 5.56 Å². The van der Waals surface area contributed by atoms with Gasteiger partial charge in [-0.25, -0.2) is 9.97 Å². The van der Waals surface area contributed by atoms with Crippen LogP contribution in [0.1, 0.15) is 23.9 Å². The summed E-state index contributed by atoms with van der Waals surface area (Å²) in [5.74, 6) is 0.772. The molecule has 4 rings (SSSR count). The highest BCUT2D eigenvalue weighted by Crippen LogP contribution is 2.30. The number of fused-ring (bicyclic) bond motifs is 2. The van der Waals surface area contributed by atoms with Crippen molar-refractivity contribution in [2.45, 2.75) is 26.4 Å². The van der Waals surface area contributed by atoms with Crippen molar-refractivity contribution < 1.29 is 4.42 Å². The van der Waals surface area contributed by atoms with E-state index in [-0.39, 0.29) is 0 Å². The molecule has 0 unspecified atom stereocenters. The molecule has 100 valence electrons. The lowest BCUT2D eigenvalue weighted by molar-refractivity contribution is 0.616. The molecule has 0 saturated carbocycles. The van der Waals surface area contributed by atoms with Gasteiger partial charge in [0.25, 0.3) is 0 Å². The third-order valence-corrected chi connectivity index (χ3v) is 3.83. The van der Waals surface area contributed by atoms with E-state index in [9.17, 15) is 0 Å². The van der Waals surface area contributed by atoms with Gasteiger partial charge in [0.2, 0.25) is 0 Å². The Morgan fingerprint density at radius 2 is 2.10 bits per heavy atom. The number of hydrogen-bond acceptors (Lipinski definition) is 4. The van der Waals surface area contributed by atoms with Gasteiger partial charge in [0.05, 0.1) is 11.3 Å². The predicted octanol–water partition coefficient (Wildman–Crippen LogP) is 3.06. The molecule has 0 aliphatic carbocycles. The molecule has 2 aromatic heterocycles. The molecule has 3 aromatic rings. The first-order valence-electron chi connectivity index (χ1n) is 6.93. The van der Waals surface area contributed by atoms with Crippen LogP contribution in [0.3, 0.4) is 0 Å². The van der Waals surface area contributed by atoms with Crippen LogP contribution in [-0.2, 0) is 19.5 Å². The van der Waals surface area contributed by atoms with Gasteiger partial charge in [-0.2, -0.15) is 0 Å². The van der Waals surface area contributed by atoms with Gasteiger partial charge in [0, 0.05) is 29.7 Å². The number of rotatable bonds is 2. The average molecular weight is 265 g/mol. The minimum atomic E-state index is 0.772. The zero-order valence-electron chi connectivity index (χ0n) is 11.3. The number of aryl methyl sites for hydroxylation is 1. The molecule has 1 aliphatic rings. The van der Waals surface area contributed by atoms with Gasteiger partial charge in [-0.1, -0.05) is 25.1 Å². The fourth-order valence-electron chi connectivity index (χ4n) is 2.80. The van der Waals surface area contributed by atoms with Crippen molar-refractivity contribution in [3.63, 3.8) is 0 Å².